The average Bonchev–Trinajstić information content (AvgIpc) is 3.57. The van der Waals surface area contributed by atoms with E-state index in [9.17, 15) is 18.0 Å². The first-order valence-corrected chi connectivity index (χ1v) is 12.8. The predicted molar refractivity (Wildman–Crippen MR) is 141 cm³/mol. The molecule has 0 radical (unpaired) electrons. The molecule has 0 spiro atoms. The van der Waals surface area contributed by atoms with Gasteiger partial charge < -0.3 is 20.0 Å². The molecular formula is C24H26F3N9O2S. The van der Waals surface area contributed by atoms with E-state index in [4.69, 9.17) is 4.42 Å². The van der Waals surface area contributed by atoms with Gasteiger partial charge in [0.15, 0.2) is 5.69 Å². The number of hydrogen-bond donors (Lipinski definition) is 3. The fourth-order valence-electron chi connectivity index (χ4n) is 3.49. The third-order valence-corrected chi connectivity index (χ3v) is 6.16. The van der Waals surface area contributed by atoms with Crippen molar-refractivity contribution < 1.29 is 22.4 Å². The van der Waals surface area contributed by atoms with Crippen LogP contribution in [0.4, 0.5) is 29.8 Å². The second kappa shape index (κ2) is 12.2. The van der Waals surface area contributed by atoms with Crippen molar-refractivity contribution in [1.29, 1.82) is 0 Å². The lowest BCUT2D eigenvalue weighted by molar-refractivity contribution is -0.140. The fraction of sp³-hybridized carbons (Fsp3) is 0.333. The minimum atomic E-state index is -4.60. The number of carbonyl (C=O) groups excluding carboxylic acids is 1. The van der Waals surface area contributed by atoms with E-state index >= 15 is 0 Å². The maximum absolute atomic E-state index is 13.3. The molecule has 39 heavy (non-hydrogen) atoms. The number of halogens is 3. The van der Waals surface area contributed by atoms with Gasteiger partial charge in [0.05, 0.1) is 5.56 Å². The van der Waals surface area contributed by atoms with Gasteiger partial charge in [-0.05, 0) is 46.1 Å². The van der Waals surface area contributed by atoms with Crippen molar-refractivity contribution in [2.24, 2.45) is 0 Å². The van der Waals surface area contributed by atoms with Gasteiger partial charge in [0.25, 0.3) is 5.89 Å². The molecular weight excluding hydrogens is 535 g/mol. The molecule has 0 atom stereocenters. The molecule has 0 aliphatic carbocycles. The highest BCUT2D eigenvalue weighted by molar-refractivity contribution is 7.13. The number of nitrogens with one attached hydrogen (secondary N) is 3. The summed E-state index contributed by atoms with van der Waals surface area (Å²) in [4.78, 5) is 26.4. The van der Waals surface area contributed by atoms with E-state index in [0.717, 1.165) is 29.7 Å². The molecule has 0 saturated heterocycles. The number of aromatic nitrogens is 5. The van der Waals surface area contributed by atoms with Crippen molar-refractivity contribution in [2.45, 2.75) is 19.5 Å². The molecule has 3 N–H and O–H groups in total. The summed E-state index contributed by atoms with van der Waals surface area (Å²) in [6.45, 7) is 3.69. The highest BCUT2D eigenvalue weighted by Gasteiger charge is 2.34. The third-order valence-electron chi connectivity index (χ3n) is 5.29. The van der Waals surface area contributed by atoms with Crippen molar-refractivity contribution in [3.63, 3.8) is 0 Å². The minimum absolute atomic E-state index is 0.103. The quantitative estimate of drug-likeness (QED) is 0.233. The molecule has 2 amide bonds. The van der Waals surface area contributed by atoms with E-state index in [1.807, 2.05) is 14.1 Å². The highest BCUT2D eigenvalue weighted by atomic mass is 32.1. The summed E-state index contributed by atoms with van der Waals surface area (Å²) >= 11 is 0.831. The minimum Gasteiger partial charge on any atom is -0.403 e. The molecule has 0 fully saturated rings. The van der Waals surface area contributed by atoms with Crippen LogP contribution in [0.2, 0.25) is 0 Å². The number of alkyl halides is 3. The molecule has 11 nitrogen and oxygen atoms in total. The smallest absolute Gasteiger partial charge is 0.403 e. The van der Waals surface area contributed by atoms with Crippen LogP contribution in [0.25, 0.3) is 33.2 Å². The maximum atomic E-state index is 13.3. The van der Waals surface area contributed by atoms with Gasteiger partial charge in [0.2, 0.25) is 0 Å². The zero-order valence-electron chi connectivity index (χ0n) is 21.3. The number of amides is 2. The Labute approximate surface area is 225 Å². The van der Waals surface area contributed by atoms with E-state index in [0.29, 0.717) is 35.3 Å². The Morgan fingerprint density at radius 3 is 2.62 bits per heavy atom. The first kappa shape index (κ1) is 27.9. The number of pyridine rings is 2. The van der Waals surface area contributed by atoms with E-state index in [1.54, 1.807) is 13.0 Å². The topological polar surface area (TPSA) is 134 Å². The molecule has 15 heteroatoms. The Bertz CT molecular complexity index is 1420. The number of anilines is 2. The van der Waals surface area contributed by atoms with Gasteiger partial charge in [0, 0.05) is 53.8 Å². The first-order valence-electron chi connectivity index (χ1n) is 11.9. The molecule has 4 rings (SSSR count). The van der Waals surface area contributed by atoms with Gasteiger partial charge in [-0.25, -0.2) is 14.8 Å². The van der Waals surface area contributed by atoms with Crippen LogP contribution < -0.4 is 16.0 Å². The number of urea groups is 1. The Morgan fingerprint density at radius 2 is 1.90 bits per heavy atom. The van der Waals surface area contributed by atoms with Gasteiger partial charge in [-0.2, -0.15) is 13.2 Å². The van der Waals surface area contributed by atoms with Crippen molar-refractivity contribution >= 4 is 29.2 Å². The number of rotatable bonds is 10. The van der Waals surface area contributed by atoms with Crippen LogP contribution in [0.1, 0.15) is 19.0 Å². The lowest BCUT2D eigenvalue weighted by Crippen LogP contribution is -2.28. The van der Waals surface area contributed by atoms with Gasteiger partial charge in [-0.1, -0.05) is 5.10 Å². The summed E-state index contributed by atoms with van der Waals surface area (Å²) in [6, 6.07) is 2.95. The number of thiazole rings is 1. The zero-order valence-corrected chi connectivity index (χ0v) is 22.2. The maximum Gasteiger partial charge on any atom is 0.434 e. The van der Waals surface area contributed by atoms with Crippen LogP contribution in [0, 0.1) is 0 Å². The normalized spacial score (nSPS) is 11.6. The SMILES string of the molecule is CCNC(=O)Nc1cc(-c2nc(C(F)(F)F)cs2)c(-c2cncc(-c3nnc(NCCCN(C)C)o3)c2)cn1. The molecule has 4 aromatic rings. The Balaban J connectivity index is 1.65. The van der Waals surface area contributed by atoms with Crippen LogP contribution in [0.15, 0.2) is 40.5 Å². The molecule has 0 unspecified atom stereocenters. The van der Waals surface area contributed by atoms with Crippen molar-refractivity contribution in [3.8, 4) is 33.2 Å². The summed E-state index contributed by atoms with van der Waals surface area (Å²) in [5.41, 5.74) is 0.821. The molecule has 4 heterocycles. The Hall–Kier alpha value is -4.11. The predicted octanol–water partition coefficient (Wildman–Crippen LogP) is 4.84. The first-order chi connectivity index (χ1) is 18.6. The van der Waals surface area contributed by atoms with Gasteiger partial charge in [-0.15, -0.1) is 16.4 Å². The van der Waals surface area contributed by atoms with Crippen LogP contribution in [0.3, 0.4) is 0 Å². The van der Waals surface area contributed by atoms with Crippen LogP contribution >= 0.6 is 11.3 Å². The van der Waals surface area contributed by atoms with Gasteiger partial charge >= 0.3 is 18.2 Å². The van der Waals surface area contributed by atoms with Crippen molar-refractivity contribution in [2.75, 3.05) is 44.4 Å². The molecule has 0 bridgehead atoms. The summed E-state index contributed by atoms with van der Waals surface area (Å²) in [5.74, 6) is 0.367. The fourth-order valence-corrected chi connectivity index (χ4v) is 4.34. The molecule has 0 saturated carbocycles. The number of nitrogens with zero attached hydrogens (tertiary/aromatic N) is 6. The number of carbonyl (C=O) groups is 1. The third kappa shape index (κ3) is 7.26. The largest absolute Gasteiger partial charge is 0.434 e. The Morgan fingerprint density at radius 1 is 1.10 bits per heavy atom. The monoisotopic (exact) mass is 561 g/mol. The lowest BCUT2D eigenvalue weighted by Gasteiger charge is -2.11. The summed E-state index contributed by atoms with van der Waals surface area (Å²) in [7, 11) is 3.98. The standard InChI is InChI=1S/C24H26F3N9O2S/c1-4-29-22(37)33-19-9-16(21-32-18(13-39-21)24(25,26)27)17(12-31-19)14-8-15(11-28-10-14)20-34-35-23(38-20)30-6-5-7-36(2)3/h8-13H,4-7H2,1-3H3,(H,30,35)(H2,29,31,33,37). The molecule has 0 aromatic carbocycles. The lowest BCUT2D eigenvalue weighted by atomic mass is 10.0. The molecule has 4 aromatic heterocycles. The highest BCUT2D eigenvalue weighted by Crippen LogP contribution is 2.39. The van der Waals surface area contributed by atoms with Gasteiger partial charge in [-0.3, -0.25) is 10.3 Å². The van der Waals surface area contributed by atoms with Crippen LogP contribution in [-0.2, 0) is 6.18 Å². The second-order valence-electron chi connectivity index (χ2n) is 8.59. The van der Waals surface area contributed by atoms with Crippen molar-refractivity contribution in [3.05, 3.63) is 41.8 Å². The zero-order chi connectivity index (χ0) is 28.0. The average molecular weight is 562 g/mol. The van der Waals surface area contributed by atoms with Gasteiger partial charge in [0.1, 0.15) is 10.8 Å². The molecule has 0 aliphatic rings. The van der Waals surface area contributed by atoms with Crippen LogP contribution in [0.5, 0.6) is 0 Å². The number of hydrogen-bond acceptors (Lipinski definition) is 10. The molecule has 0 aliphatic heterocycles. The van der Waals surface area contributed by atoms with E-state index < -0.39 is 17.9 Å². The summed E-state index contributed by atoms with van der Waals surface area (Å²) in [5, 5.41) is 17.4. The van der Waals surface area contributed by atoms with Crippen molar-refractivity contribution in [1.82, 2.24) is 35.4 Å². The summed E-state index contributed by atoms with van der Waals surface area (Å²) < 4.78 is 45.6. The van der Waals surface area contributed by atoms with E-state index in [1.165, 1.54) is 24.7 Å². The van der Waals surface area contributed by atoms with Crippen LogP contribution in [-0.4, -0.2) is 69.8 Å². The molecule has 206 valence electrons. The Kier molecular flexibility index (Phi) is 8.71. The second-order valence-corrected chi connectivity index (χ2v) is 9.45. The van der Waals surface area contributed by atoms with E-state index in [2.05, 4.69) is 46.0 Å². The summed E-state index contributed by atoms with van der Waals surface area (Å²) in [6.07, 6.45) is 0.806. The van der Waals surface area contributed by atoms with E-state index in [-0.39, 0.29) is 22.7 Å².